The molecule has 3 rings (SSSR count). The van der Waals surface area contributed by atoms with Gasteiger partial charge < -0.3 is 10.1 Å². The number of nitrogens with zero attached hydrogens (tertiary/aromatic N) is 4. The van der Waals surface area contributed by atoms with Gasteiger partial charge in [-0.1, -0.05) is 0 Å². The maximum atomic E-state index is 13.8. The highest BCUT2D eigenvalue weighted by Crippen LogP contribution is 2.17. The summed E-state index contributed by atoms with van der Waals surface area (Å²) < 4.78 is 20.5. The first kappa shape index (κ1) is 16.8. The van der Waals surface area contributed by atoms with Crippen LogP contribution in [0.4, 0.5) is 15.0 Å². The quantitative estimate of drug-likeness (QED) is 0.787. The van der Waals surface area contributed by atoms with Gasteiger partial charge in [-0.3, -0.25) is 4.99 Å². The Morgan fingerprint density at radius 3 is 3.08 bits per heavy atom. The summed E-state index contributed by atoms with van der Waals surface area (Å²) >= 11 is 0. The van der Waals surface area contributed by atoms with Gasteiger partial charge in [0.1, 0.15) is 29.6 Å². The normalized spacial score (nSPS) is 24.8. The summed E-state index contributed by atoms with van der Waals surface area (Å²) in [6.45, 7) is 3.50. The van der Waals surface area contributed by atoms with Crippen molar-refractivity contribution in [2.24, 2.45) is 4.99 Å². The Hall–Kier alpha value is -3.03. The molecule has 8 heteroatoms. The van der Waals surface area contributed by atoms with Crippen molar-refractivity contribution in [2.45, 2.75) is 32.8 Å². The monoisotopic (exact) mass is 343 g/mol. The Morgan fingerprint density at radius 1 is 1.40 bits per heavy atom. The number of cyclic esters (lactones) is 1. The second kappa shape index (κ2) is 7.25. The molecule has 2 aromatic heterocycles. The van der Waals surface area contributed by atoms with Gasteiger partial charge >= 0.3 is 6.09 Å². The summed E-state index contributed by atoms with van der Waals surface area (Å²) in [4.78, 5) is 24.8. The number of rotatable bonds is 0. The molecule has 3 heterocycles. The molecule has 1 atom stereocenters. The fraction of sp³-hybridized carbons (Fsp3) is 0.294. The van der Waals surface area contributed by atoms with E-state index in [9.17, 15) is 9.18 Å². The molecule has 25 heavy (non-hydrogen) atoms. The lowest BCUT2D eigenvalue weighted by molar-refractivity contribution is 0.105. The first-order valence-corrected chi connectivity index (χ1v) is 7.90. The van der Waals surface area contributed by atoms with E-state index in [0.717, 1.165) is 6.20 Å². The van der Waals surface area contributed by atoms with E-state index in [0.29, 0.717) is 35.5 Å². The fourth-order valence-electron chi connectivity index (χ4n) is 2.37. The molecule has 7 nitrogen and oxygen atoms in total. The number of allylic oxidation sites excluding steroid dienone is 3. The van der Waals surface area contributed by atoms with Gasteiger partial charge in [0.25, 0.3) is 0 Å². The number of hydrogen-bond donors (Lipinski definition) is 1. The lowest BCUT2D eigenvalue weighted by Gasteiger charge is -2.12. The highest BCUT2D eigenvalue weighted by molar-refractivity contribution is 5.84. The second-order valence-corrected chi connectivity index (χ2v) is 5.72. The average Bonchev–Trinajstić information content (AvgIpc) is 2.96. The minimum Gasteiger partial charge on any atom is -0.446 e. The van der Waals surface area contributed by atoms with Gasteiger partial charge in [-0.25, -0.2) is 23.7 Å². The summed E-state index contributed by atoms with van der Waals surface area (Å²) in [6.07, 6.45) is 5.71. The van der Waals surface area contributed by atoms with Crippen LogP contribution in [0.25, 0.3) is 11.2 Å². The van der Waals surface area contributed by atoms with Gasteiger partial charge in [0.15, 0.2) is 5.65 Å². The van der Waals surface area contributed by atoms with E-state index >= 15 is 0 Å². The molecule has 0 saturated carbocycles. The highest BCUT2D eigenvalue weighted by Gasteiger charge is 2.16. The Labute approximate surface area is 143 Å². The van der Waals surface area contributed by atoms with E-state index in [1.807, 2.05) is 0 Å². The number of anilines is 1. The van der Waals surface area contributed by atoms with Crippen molar-refractivity contribution in [3.05, 3.63) is 42.3 Å². The summed E-state index contributed by atoms with van der Waals surface area (Å²) in [7, 11) is 0. The molecular weight excluding hydrogens is 325 g/mol. The highest BCUT2D eigenvalue weighted by atomic mass is 19.1. The molecule has 1 unspecified atom stereocenters. The van der Waals surface area contributed by atoms with E-state index in [-0.39, 0.29) is 6.10 Å². The van der Waals surface area contributed by atoms with Crippen LogP contribution in [0, 0.1) is 0 Å². The van der Waals surface area contributed by atoms with E-state index < -0.39 is 11.9 Å². The summed E-state index contributed by atoms with van der Waals surface area (Å²) in [6, 6.07) is 3.43. The Kier molecular flexibility index (Phi) is 4.87. The molecule has 2 aromatic rings. The third kappa shape index (κ3) is 4.09. The number of imidazole rings is 1. The van der Waals surface area contributed by atoms with E-state index in [4.69, 9.17) is 4.74 Å². The van der Waals surface area contributed by atoms with Gasteiger partial charge in [-0.05, 0) is 44.9 Å². The van der Waals surface area contributed by atoms with Crippen molar-refractivity contribution in [3.8, 4) is 0 Å². The molecule has 0 aromatic carbocycles. The minimum atomic E-state index is -0.540. The first-order chi connectivity index (χ1) is 12.0. The topological polar surface area (TPSA) is 81.4 Å². The first-order valence-electron chi connectivity index (χ1n) is 7.90. The number of carbonyl (C=O) groups is 1. The molecule has 0 radical (unpaired) electrons. The summed E-state index contributed by atoms with van der Waals surface area (Å²) in [5.74, 6) is -0.00816. The lowest BCUT2D eigenvalue weighted by atomic mass is 10.2. The van der Waals surface area contributed by atoms with Gasteiger partial charge in [0.2, 0.25) is 0 Å². The molecular formula is C17H18FN5O2. The zero-order valence-electron chi connectivity index (χ0n) is 13.9. The predicted octanol–water partition coefficient (Wildman–Crippen LogP) is 3.80. The molecule has 2 bridgehead atoms. The van der Waals surface area contributed by atoms with Crippen LogP contribution < -0.4 is 5.32 Å². The van der Waals surface area contributed by atoms with Crippen LogP contribution in [0.5, 0.6) is 0 Å². The number of aliphatic imine (C=N–C) groups is 1. The molecule has 1 aliphatic rings. The number of nitrogens with one attached hydrogen (secondary N) is 1. The smallest absolute Gasteiger partial charge is 0.421 e. The lowest BCUT2D eigenvalue weighted by Crippen LogP contribution is -2.20. The number of ether oxygens (including phenoxy) is 1. The van der Waals surface area contributed by atoms with Crippen molar-refractivity contribution >= 4 is 29.3 Å². The van der Waals surface area contributed by atoms with Crippen LogP contribution >= 0.6 is 0 Å². The van der Waals surface area contributed by atoms with Crippen LogP contribution in [0.15, 0.2) is 47.3 Å². The third-order valence-electron chi connectivity index (χ3n) is 3.58. The van der Waals surface area contributed by atoms with Crippen LogP contribution in [-0.4, -0.2) is 32.9 Å². The average molecular weight is 343 g/mol. The van der Waals surface area contributed by atoms with Crippen LogP contribution in [-0.2, 0) is 4.74 Å². The van der Waals surface area contributed by atoms with Gasteiger partial charge in [0, 0.05) is 11.9 Å². The number of carbonyl (C=O) groups excluding carboxylic acids is 1. The third-order valence-corrected chi connectivity index (χ3v) is 3.58. The van der Waals surface area contributed by atoms with Crippen molar-refractivity contribution in [1.82, 2.24) is 14.5 Å². The van der Waals surface area contributed by atoms with Crippen molar-refractivity contribution < 1.29 is 13.9 Å². The molecule has 0 saturated heterocycles. The van der Waals surface area contributed by atoms with Crippen molar-refractivity contribution in [2.75, 3.05) is 5.32 Å². The Balaban J connectivity index is 2.01. The van der Waals surface area contributed by atoms with Crippen LogP contribution in [0.1, 0.15) is 26.7 Å². The van der Waals surface area contributed by atoms with Crippen LogP contribution in [0.3, 0.4) is 0 Å². The van der Waals surface area contributed by atoms with E-state index in [1.54, 1.807) is 32.2 Å². The maximum absolute atomic E-state index is 13.8. The Bertz CT molecular complexity index is 884. The molecule has 1 N–H and O–H groups in total. The van der Waals surface area contributed by atoms with Crippen LogP contribution in [0.2, 0.25) is 0 Å². The zero-order chi connectivity index (χ0) is 17.8. The molecule has 0 fully saturated rings. The fourth-order valence-corrected chi connectivity index (χ4v) is 2.37. The van der Waals surface area contributed by atoms with Gasteiger partial charge in [-0.15, -0.1) is 0 Å². The Morgan fingerprint density at radius 2 is 2.24 bits per heavy atom. The van der Waals surface area contributed by atoms with E-state index in [2.05, 4.69) is 20.3 Å². The number of pyridine rings is 1. The molecule has 0 amide bonds. The predicted molar refractivity (Wildman–Crippen MR) is 93.2 cm³/mol. The van der Waals surface area contributed by atoms with Crippen molar-refractivity contribution in [3.63, 3.8) is 0 Å². The largest absolute Gasteiger partial charge is 0.446 e. The molecule has 0 spiro atoms. The number of hydrogen-bond acceptors (Lipinski definition) is 6. The molecule has 130 valence electrons. The number of halogens is 1. The maximum Gasteiger partial charge on any atom is 0.421 e. The van der Waals surface area contributed by atoms with Gasteiger partial charge in [-0.2, -0.15) is 0 Å². The second-order valence-electron chi connectivity index (χ2n) is 5.72. The molecule has 0 aliphatic carbocycles. The zero-order valence-corrected chi connectivity index (χ0v) is 13.9. The standard InChI is InChI=1S/C17H18FN5O2/c1-11-8-13(18)9-19-7-3-4-12(2)25-17(24)23-10-20-14-5-6-15(21-11)22-16(14)23/h5-10,12H,3-4H2,1-2H3,(H,21,22)/b11-8+,13-9+,19-7+. The minimum absolute atomic E-state index is 0.318. The summed E-state index contributed by atoms with van der Waals surface area (Å²) in [5, 5.41) is 2.98. The summed E-state index contributed by atoms with van der Waals surface area (Å²) in [5.41, 5.74) is 1.49. The number of aromatic nitrogens is 3. The van der Waals surface area contributed by atoms with Gasteiger partial charge in [0.05, 0.1) is 6.20 Å². The van der Waals surface area contributed by atoms with Crippen molar-refractivity contribution in [1.29, 1.82) is 0 Å². The SMILES string of the molecule is C\C1=C/C(F)=C\N=C\CCC(C)OC(=O)n2cnc3ccc(nc32)N1. The molecule has 1 aliphatic heterocycles. The van der Waals surface area contributed by atoms with E-state index in [1.165, 1.54) is 17.0 Å². The number of fused-ring (bicyclic) bond motifs is 1.